The fourth-order valence-corrected chi connectivity index (χ4v) is 2.85. The van der Waals surface area contributed by atoms with Crippen molar-refractivity contribution >= 4 is 16.7 Å². The van der Waals surface area contributed by atoms with E-state index in [-0.39, 0.29) is 0 Å². The molecule has 0 spiro atoms. The minimum absolute atomic E-state index is 0.345. The summed E-state index contributed by atoms with van der Waals surface area (Å²) in [5.41, 5.74) is 10.5. The van der Waals surface area contributed by atoms with Gasteiger partial charge in [-0.25, -0.2) is 0 Å². The van der Waals surface area contributed by atoms with Crippen molar-refractivity contribution in [3.8, 4) is 22.5 Å². The summed E-state index contributed by atoms with van der Waals surface area (Å²) in [6.45, 7) is 0. The summed E-state index contributed by atoms with van der Waals surface area (Å²) >= 11 is 0. The van der Waals surface area contributed by atoms with Crippen LogP contribution < -0.4 is 5.73 Å². The molecule has 0 amide bonds. The van der Waals surface area contributed by atoms with E-state index in [9.17, 15) is 0 Å². The third kappa shape index (κ3) is 2.14. The molecule has 2 heterocycles. The molecule has 0 aliphatic rings. The Morgan fingerprint density at radius 1 is 0.826 bits per heavy atom. The molecule has 112 valence electrons. The molecule has 4 rings (SSSR count). The van der Waals surface area contributed by atoms with Crippen LogP contribution in [0, 0.1) is 0 Å². The minimum Gasteiger partial charge on any atom is -0.380 e. The van der Waals surface area contributed by atoms with Crippen LogP contribution in [0.5, 0.6) is 0 Å². The van der Waals surface area contributed by atoms with Crippen LogP contribution in [-0.2, 0) is 7.05 Å². The molecule has 2 aromatic heterocycles. The van der Waals surface area contributed by atoms with Crippen molar-refractivity contribution in [3.05, 3.63) is 60.7 Å². The van der Waals surface area contributed by atoms with Gasteiger partial charge < -0.3 is 5.73 Å². The van der Waals surface area contributed by atoms with Crippen LogP contribution >= 0.6 is 0 Å². The van der Waals surface area contributed by atoms with Crippen LogP contribution in [0.3, 0.4) is 0 Å². The molecule has 0 fully saturated rings. The third-order valence-electron chi connectivity index (χ3n) is 3.88. The van der Waals surface area contributed by atoms with E-state index < -0.39 is 0 Å². The number of aromatic nitrogens is 4. The number of nitrogen functional groups attached to an aromatic ring is 1. The highest BCUT2D eigenvalue weighted by atomic mass is 15.3. The van der Waals surface area contributed by atoms with Gasteiger partial charge >= 0.3 is 0 Å². The van der Waals surface area contributed by atoms with Gasteiger partial charge in [-0.2, -0.15) is 5.10 Å². The summed E-state index contributed by atoms with van der Waals surface area (Å²) in [5.74, 6) is 0.345. The van der Waals surface area contributed by atoms with E-state index in [0.717, 1.165) is 27.9 Å². The Hall–Kier alpha value is -3.21. The molecule has 0 unspecified atom stereocenters. The molecule has 2 N–H and O–H groups in total. The first-order valence-electron chi connectivity index (χ1n) is 7.35. The number of rotatable bonds is 2. The number of hydrogen-bond donors (Lipinski definition) is 1. The van der Waals surface area contributed by atoms with E-state index in [2.05, 4.69) is 27.4 Å². The number of aryl methyl sites for hydroxylation is 1. The Labute approximate surface area is 133 Å². The Balaban J connectivity index is 2.12. The molecule has 0 saturated heterocycles. The van der Waals surface area contributed by atoms with Gasteiger partial charge in [0.1, 0.15) is 11.2 Å². The maximum atomic E-state index is 6.01. The Kier molecular flexibility index (Phi) is 3.05. The van der Waals surface area contributed by atoms with Gasteiger partial charge in [0, 0.05) is 18.2 Å². The zero-order valence-corrected chi connectivity index (χ0v) is 12.6. The Morgan fingerprint density at radius 3 is 2.09 bits per heavy atom. The first kappa shape index (κ1) is 13.5. The predicted molar refractivity (Wildman–Crippen MR) is 91.6 cm³/mol. The smallest absolute Gasteiger partial charge is 0.174 e. The molecule has 0 atom stereocenters. The average molecular weight is 301 g/mol. The van der Waals surface area contributed by atoms with Crippen LogP contribution in [0.4, 0.5) is 5.82 Å². The lowest BCUT2D eigenvalue weighted by molar-refractivity contribution is 0.788. The topological polar surface area (TPSA) is 69.6 Å². The predicted octanol–water partition coefficient (Wildman–Crippen LogP) is 3.28. The van der Waals surface area contributed by atoms with Crippen molar-refractivity contribution in [1.29, 1.82) is 0 Å². The lowest BCUT2D eigenvalue weighted by Crippen LogP contribution is -1.97. The normalized spacial score (nSPS) is 11.0. The molecule has 0 saturated carbocycles. The van der Waals surface area contributed by atoms with E-state index in [1.54, 1.807) is 0 Å². The second-order valence-corrected chi connectivity index (χ2v) is 5.36. The van der Waals surface area contributed by atoms with Gasteiger partial charge in [-0.3, -0.25) is 4.68 Å². The molecular weight excluding hydrogens is 286 g/mol. The van der Waals surface area contributed by atoms with Crippen molar-refractivity contribution in [1.82, 2.24) is 20.0 Å². The van der Waals surface area contributed by atoms with Crippen LogP contribution in [-0.4, -0.2) is 20.0 Å². The largest absolute Gasteiger partial charge is 0.380 e. The summed E-state index contributed by atoms with van der Waals surface area (Å²) in [5, 5.41) is 13.9. The zero-order valence-electron chi connectivity index (χ0n) is 12.6. The van der Waals surface area contributed by atoms with E-state index in [0.29, 0.717) is 11.3 Å². The van der Waals surface area contributed by atoms with Crippen molar-refractivity contribution in [2.24, 2.45) is 7.05 Å². The summed E-state index contributed by atoms with van der Waals surface area (Å²) in [7, 11) is 1.91. The second-order valence-electron chi connectivity index (χ2n) is 5.36. The average Bonchev–Trinajstić information content (AvgIpc) is 2.95. The van der Waals surface area contributed by atoms with Crippen LogP contribution in [0.1, 0.15) is 0 Å². The van der Waals surface area contributed by atoms with Crippen molar-refractivity contribution in [2.75, 3.05) is 5.73 Å². The number of nitrogens with two attached hydrogens (primary N) is 1. The fourth-order valence-electron chi connectivity index (χ4n) is 2.85. The first-order valence-corrected chi connectivity index (χ1v) is 7.35. The lowest BCUT2D eigenvalue weighted by atomic mass is 10.0. The van der Waals surface area contributed by atoms with Gasteiger partial charge in [-0.1, -0.05) is 60.7 Å². The fraction of sp³-hybridized carbons (Fsp3) is 0.0556. The molecular formula is C18H15N5. The summed E-state index contributed by atoms with van der Waals surface area (Å²) < 4.78 is 1.84. The van der Waals surface area contributed by atoms with Gasteiger partial charge in [-0.15, -0.1) is 10.2 Å². The van der Waals surface area contributed by atoms with Crippen LogP contribution in [0.25, 0.3) is 33.4 Å². The quantitative estimate of drug-likeness (QED) is 0.617. The van der Waals surface area contributed by atoms with E-state index in [4.69, 9.17) is 5.73 Å². The van der Waals surface area contributed by atoms with Gasteiger partial charge in [0.15, 0.2) is 5.82 Å². The standard InChI is InChI=1S/C18H15N5/c1-23-17(13-10-6-3-7-11-13)14-15(12-8-4-2-5-9-12)20-21-18(19)16(14)22-23/h2-11H,1H3,(H2,19,21). The monoisotopic (exact) mass is 301 g/mol. The zero-order chi connectivity index (χ0) is 15.8. The molecule has 2 aromatic carbocycles. The molecule has 0 radical (unpaired) electrons. The second kappa shape index (κ2) is 5.21. The lowest BCUT2D eigenvalue weighted by Gasteiger charge is -2.06. The highest BCUT2D eigenvalue weighted by molar-refractivity contribution is 6.05. The molecule has 4 aromatic rings. The van der Waals surface area contributed by atoms with Gasteiger partial charge in [0.25, 0.3) is 0 Å². The van der Waals surface area contributed by atoms with E-state index >= 15 is 0 Å². The van der Waals surface area contributed by atoms with Gasteiger partial charge in [-0.05, 0) is 0 Å². The maximum absolute atomic E-state index is 6.01. The summed E-state index contributed by atoms with van der Waals surface area (Å²) in [4.78, 5) is 0. The molecule has 0 aliphatic heterocycles. The van der Waals surface area contributed by atoms with Crippen molar-refractivity contribution in [3.63, 3.8) is 0 Å². The molecule has 0 aliphatic carbocycles. The molecule has 0 bridgehead atoms. The number of hydrogen-bond acceptors (Lipinski definition) is 4. The van der Waals surface area contributed by atoms with Gasteiger partial charge in [0.2, 0.25) is 0 Å². The van der Waals surface area contributed by atoms with Crippen molar-refractivity contribution < 1.29 is 0 Å². The van der Waals surface area contributed by atoms with Gasteiger partial charge in [0.05, 0.1) is 11.1 Å². The van der Waals surface area contributed by atoms with E-state index in [1.165, 1.54) is 0 Å². The van der Waals surface area contributed by atoms with Crippen LogP contribution in [0.15, 0.2) is 60.7 Å². The number of fused-ring (bicyclic) bond motifs is 1. The van der Waals surface area contributed by atoms with Crippen LogP contribution in [0.2, 0.25) is 0 Å². The minimum atomic E-state index is 0.345. The Morgan fingerprint density at radius 2 is 1.43 bits per heavy atom. The number of anilines is 1. The number of benzene rings is 2. The third-order valence-corrected chi connectivity index (χ3v) is 3.88. The highest BCUT2D eigenvalue weighted by Gasteiger charge is 2.19. The first-order chi connectivity index (χ1) is 11.3. The molecule has 23 heavy (non-hydrogen) atoms. The SMILES string of the molecule is Cn1nc2c(N)nnc(-c3ccccc3)c2c1-c1ccccc1. The number of nitrogens with zero attached hydrogens (tertiary/aromatic N) is 4. The molecule has 5 heteroatoms. The highest BCUT2D eigenvalue weighted by Crippen LogP contribution is 2.35. The maximum Gasteiger partial charge on any atom is 0.174 e. The van der Waals surface area contributed by atoms with E-state index in [1.807, 2.05) is 60.3 Å². The molecule has 5 nitrogen and oxygen atoms in total. The Bertz CT molecular complexity index is 975. The van der Waals surface area contributed by atoms with Crippen molar-refractivity contribution in [2.45, 2.75) is 0 Å². The summed E-state index contributed by atoms with van der Waals surface area (Å²) in [6, 6.07) is 20.1. The summed E-state index contributed by atoms with van der Waals surface area (Å²) in [6.07, 6.45) is 0.